The minimum atomic E-state index is -1.16. The molecule has 0 aliphatic rings. The summed E-state index contributed by atoms with van der Waals surface area (Å²) in [6.07, 6.45) is -1.05. The van der Waals surface area contributed by atoms with Crippen molar-refractivity contribution in [3.8, 4) is 0 Å². The molecule has 0 aliphatic carbocycles. The van der Waals surface area contributed by atoms with Crippen LogP contribution in [0.4, 0.5) is 5.69 Å². The van der Waals surface area contributed by atoms with Gasteiger partial charge >= 0.3 is 5.97 Å². The molecule has 0 unspecified atom stereocenters. The van der Waals surface area contributed by atoms with Gasteiger partial charge in [0.1, 0.15) is 5.82 Å². The number of ether oxygens (including phenoxy) is 1. The number of para-hydroxylation sites is 1. The zero-order valence-corrected chi connectivity index (χ0v) is 19.1. The molecule has 4 aromatic rings. The highest BCUT2D eigenvalue weighted by atomic mass is 35.5. The first kappa shape index (κ1) is 23.2. The van der Waals surface area contributed by atoms with E-state index in [-0.39, 0.29) is 18.4 Å². The number of nitrogens with zero attached hydrogens (tertiary/aromatic N) is 1. The molecule has 0 radical (unpaired) electrons. The monoisotopic (exact) mass is 475 g/mol. The maximum atomic E-state index is 13.0. The molecule has 4 rings (SSSR count). The van der Waals surface area contributed by atoms with Crippen LogP contribution in [0.1, 0.15) is 29.5 Å². The summed E-state index contributed by atoms with van der Waals surface area (Å²) in [5.41, 5.74) is 2.19. The Balaban J connectivity index is 1.48. The van der Waals surface area contributed by atoms with Gasteiger partial charge in [-0.3, -0.25) is 14.4 Å². The van der Waals surface area contributed by atoms with Crippen LogP contribution in [0.5, 0.6) is 0 Å². The molecule has 1 heterocycles. The van der Waals surface area contributed by atoms with Gasteiger partial charge in [-0.15, -0.1) is 0 Å². The fourth-order valence-corrected chi connectivity index (χ4v) is 3.62. The smallest absolute Gasteiger partial charge is 0.307 e. The molecule has 0 aliphatic heterocycles. The third-order valence-electron chi connectivity index (χ3n) is 5.26. The van der Waals surface area contributed by atoms with Crippen molar-refractivity contribution in [2.24, 2.45) is 0 Å². The largest absolute Gasteiger partial charge is 0.447 e. The minimum absolute atomic E-state index is 0.0613. The Morgan fingerprint density at radius 3 is 2.56 bits per heavy atom. The van der Waals surface area contributed by atoms with Gasteiger partial charge in [0.05, 0.1) is 17.3 Å². The van der Waals surface area contributed by atoms with Crippen molar-refractivity contribution in [2.45, 2.75) is 25.9 Å². The predicted molar refractivity (Wildman–Crippen MR) is 131 cm³/mol. The normalized spacial score (nSPS) is 11.7. The van der Waals surface area contributed by atoms with Crippen molar-refractivity contribution in [3.05, 3.63) is 105 Å². The molecule has 1 aromatic heterocycles. The van der Waals surface area contributed by atoms with E-state index in [1.807, 2.05) is 13.0 Å². The maximum absolute atomic E-state index is 13.0. The number of carbonyl (C=O) groups is 2. The standard InChI is InChI=1S/C26H22ClN3O4/c1-16-11-12-18(15-20(16)27)28-26(33)24(17-7-3-2-4-8-17)34-23(31)14-13-22-29-21-10-6-5-9-19(21)25(32)30-22/h2-12,15,24H,13-14H2,1H3,(H,28,33)(H,29,30,32)/t24-/m1/s1. The molecule has 8 heteroatoms. The molecule has 0 fully saturated rings. The Morgan fingerprint density at radius 2 is 1.79 bits per heavy atom. The number of rotatable bonds is 7. The lowest BCUT2D eigenvalue weighted by atomic mass is 10.1. The van der Waals surface area contributed by atoms with Gasteiger partial charge in [-0.1, -0.05) is 60.1 Å². The minimum Gasteiger partial charge on any atom is -0.447 e. The van der Waals surface area contributed by atoms with E-state index in [0.29, 0.717) is 33.0 Å². The van der Waals surface area contributed by atoms with Crippen LogP contribution >= 0.6 is 11.6 Å². The molecule has 0 saturated carbocycles. The molecule has 0 saturated heterocycles. The van der Waals surface area contributed by atoms with E-state index in [1.165, 1.54) is 0 Å². The first-order valence-corrected chi connectivity index (χ1v) is 11.1. The number of anilines is 1. The maximum Gasteiger partial charge on any atom is 0.307 e. The second-order valence-corrected chi connectivity index (χ2v) is 8.17. The molecule has 0 bridgehead atoms. The summed E-state index contributed by atoms with van der Waals surface area (Å²) in [6.45, 7) is 1.86. The van der Waals surface area contributed by atoms with Crippen molar-refractivity contribution in [2.75, 3.05) is 5.32 Å². The number of benzene rings is 3. The Kier molecular flexibility index (Phi) is 7.04. The number of aromatic nitrogens is 2. The number of esters is 1. The van der Waals surface area contributed by atoms with Crippen LogP contribution in [0.3, 0.4) is 0 Å². The van der Waals surface area contributed by atoms with Crippen LogP contribution in [0, 0.1) is 6.92 Å². The summed E-state index contributed by atoms with van der Waals surface area (Å²) in [5, 5.41) is 3.75. The van der Waals surface area contributed by atoms with Crippen molar-refractivity contribution in [1.29, 1.82) is 0 Å². The van der Waals surface area contributed by atoms with Crippen LogP contribution < -0.4 is 10.9 Å². The highest BCUT2D eigenvalue weighted by Gasteiger charge is 2.25. The Bertz CT molecular complexity index is 1400. The highest BCUT2D eigenvalue weighted by Crippen LogP contribution is 2.24. The SMILES string of the molecule is Cc1ccc(NC(=O)[C@H](OC(=O)CCc2nc3ccccc3c(=O)[nH]2)c2ccccc2)cc1Cl. The van der Waals surface area contributed by atoms with E-state index < -0.39 is 18.0 Å². The summed E-state index contributed by atoms with van der Waals surface area (Å²) in [7, 11) is 0. The summed E-state index contributed by atoms with van der Waals surface area (Å²) < 4.78 is 5.56. The fourth-order valence-electron chi connectivity index (χ4n) is 3.44. The quantitative estimate of drug-likeness (QED) is 0.376. The fraction of sp³-hybridized carbons (Fsp3) is 0.154. The van der Waals surface area contributed by atoms with Crippen molar-refractivity contribution >= 4 is 40.1 Å². The molecule has 0 spiro atoms. The number of fused-ring (bicyclic) bond motifs is 1. The lowest BCUT2D eigenvalue weighted by molar-refractivity contribution is -0.154. The van der Waals surface area contributed by atoms with Crippen molar-refractivity contribution in [1.82, 2.24) is 9.97 Å². The molecule has 172 valence electrons. The number of nitrogens with one attached hydrogen (secondary N) is 2. The Morgan fingerprint density at radius 1 is 1.06 bits per heavy atom. The molecule has 7 nitrogen and oxygen atoms in total. The first-order valence-electron chi connectivity index (χ1n) is 10.7. The number of H-pyrrole nitrogens is 1. The second-order valence-electron chi connectivity index (χ2n) is 7.76. The number of hydrogen-bond acceptors (Lipinski definition) is 5. The topological polar surface area (TPSA) is 101 Å². The lowest BCUT2D eigenvalue weighted by Crippen LogP contribution is -2.26. The number of carbonyl (C=O) groups excluding carboxylic acids is 2. The predicted octanol–water partition coefficient (Wildman–Crippen LogP) is 4.74. The molecule has 1 atom stereocenters. The van der Waals surface area contributed by atoms with Gasteiger partial charge in [0.15, 0.2) is 0 Å². The molecular weight excluding hydrogens is 454 g/mol. The van der Waals surface area contributed by atoms with Crippen LogP contribution in [-0.2, 0) is 20.7 Å². The summed E-state index contributed by atoms with van der Waals surface area (Å²) in [5.74, 6) is -0.728. The molecule has 34 heavy (non-hydrogen) atoms. The molecule has 3 aromatic carbocycles. The summed E-state index contributed by atoms with van der Waals surface area (Å²) in [6, 6.07) is 20.9. The summed E-state index contributed by atoms with van der Waals surface area (Å²) >= 11 is 6.16. The van der Waals surface area contributed by atoms with E-state index >= 15 is 0 Å². The van der Waals surface area contributed by atoms with E-state index in [0.717, 1.165) is 5.56 Å². The summed E-state index contributed by atoms with van der Waals surface area (Å²) in [4.78, 5) is 45.0. The van der Waals surface area contributed by atoms with E-state index in [1.54, 1.807) is 66.7 Å². The van der Waals surface area contributed by atoms with Crippen LogP contribution in [0.15, 0.2) is 77.6 Å². The van der Waals surface area contributed by atoms with E-state index in [2.05, 4.69) is 15.3 Å². The number of aromatic amines is 1. The van der Waals surface area contributed by atoms with Crippen LogP contribution in [0.25, 0.3) is 10.9 Å². The molecule has 1 amide bonds. The number of aryl methyl sites for hydroxylation is 2. The van der Waals surface area contributed by atoms with Gasteiger partial charge in [0.2, 0.25) is 6.10 Å². The van der Waals surface area contributed by atoms with Crippen molar-refractivity contribution in [3.63, 3.8) is 0 Å². The van der Waals surface area contributed by atoms with Crippen LogP contribution in [0.2, 0.25) is 5.02 Å². The van der Waals surface area contributed by atoms with Gasteiger partial charge in [-0.25, -0.2) is 4.98 Å². The average molecular weight is 476 g/mol. The van der Waals surface area contributed by atoms with Crippen LogP contribution in [-0.4, -0.2) is 21.8 Å². The Labute approximate surface area is 200 Å². The number of hydrogen-bond donors (Lipinski definition) is 2. The van der Waals surface area contributed by atoms with Gasteiger partial charge in [-0.2, -0.15) is 0 Å². The van der Waals surface area contributed by atoms with Gasteiger partial charge in [0, 0.05) is 22.7 Å². The van der Waals surface area contributed by atoms with Gasteiger partial charge in [0.25, 0.3) is 11.5 Å². The lowest BCUT2D eigenvalue weighted by Gasteiger charge is -2.18. The first-order chi connectivity index (χ1) is 16.4. The van der Waals surface area contributed by atoms with E-state index in [9.17, 15) is 14.4 Å². The number of halogens is 1. The second kappa shape index (κ2) is 10.3. The Hall–Kier alpha value is -3.97. The zero-order valence-electron chi connectivity index (χ0n) is 18.4. The molecule has 2 N–H and O–H groups in total. The zero-order chi connectivity index (χ0) is 24.1. The average Bonchev–Trinajstić information content (AvgIpc) is 2.84. The highest BCUT2D eigenvalue weighted by molar-refractivity contribution is 6.31. The molecular formula is C26H22ClN3O4. The van der Waals surface area contributed by atoms with Gasteiger partial charge in [-0.05, 0) is 36.8 Å². The van der Waals surface area contributed by atoms with E-state index in [4.69, 9.17) is 16.3 Å². The van der Waals surface area contributed by atoms with Gasteiger partial charge < -0.3 is 15.0 Å². The van der Waals surface area contributed by atoms with Crippen molar-refractivity contribution < 1.29 is 14.3 Å². The third-order valence-corrected chi connectivity index (χ3v) is 5.66. The third kappa shape index (κ3) is 5.50. The number of amides is 1.